The van der Waals surface area contributed by atoms with Crippen molar-refractivity contribution in [3.63, 3.8) is 0 Å². The van der Waals surface area contributed by atoms with Gasteiger partial charge < -0.3 is 10.3 Å². The molecule has 0 atom stereocenters. The molecular formula is C9H14N4O. The van der Waals surface area contributed by atoms with Crippen molar-refractivity contribution in [3.8, 4) is 0 Å². The molecule has 2 N–H and O–H groups in total. The predicted molar refractivity (Wildman–Crippen MR) is 52.2 cm³/mol. The maximum Gasteiger partial charge on any atom is 0.211 e. The number of imidazole rings is 1. The van der Waals surface area contributed by atoms with Gasteiger partial charge in [-0.25, -0.2) is 4.98 Å². The molecular weight excluding hydrogens is 180 g/mol. The van der Waals surface area contributed by atoms with E-state index in [0.29, 0.717) is 12.4 Å². The van der Waals surface area contributed by atoms with Gasteiger partial charge in [0.1, 0.15) is 0 Å². The van der Waals surface area contributed by atoms with Gasteiger partial charge in [0.15, 0.2) is 5.82 Å². The lowest BCUT2D eigenvalue weighted by molar-refractivity contribution is 0.0912. The van der Waals surface area contributed by atoms with Crippen molar-refractivity contribution in [2.24, 2.45) is 0 Å². The zero-order valence-electron chi connectivity index (χ0n) is 7.99. The topological polar surface area (TPSA) is 61.0 Å². The van der Waals surface area contributed by atoms with Crippen molar-refractivity contribution in [2.45, 2.75) is 0 Å². The summed E-state index contributed by atoms with van der Waals surface area (Å²) in [5, 5.41) is 3.25. The fourth-order valence-electron chi connectivity index (χ4n) is 1.56. The molecule has 76 valence electrons. The molecule has 0 bridgehead atoms. The molecule has 1 aromatic heterocycles. The molecule has 1 fully saturated rings. The van der Waals surface area contributed by atoms with Gasteiger partial charge in [-0.2, -0.15) is 0 Å². The number of aromatic amines is 1. The summed E-state index contributed by atoms with van der Waals surface area (Å²) in [6, 6.07) is 0. The second-order valence-corrected chi connectivity index (χ2v) is 3.39. The number of carbonyl (C=O) groups is 1. The van der Waals surface area contributed by atoms with Gasteiger partial charge in [-0.3, -0.25) is 9.69 Å². The van der Waals surface area contributed by atoms with Gasteiger partial charge >= 0.3 is 0 Å². The minimum absolute atomic E-state index is 0.0666. The Kier molecular flexibility index (Phi) is 2.90. The van der Waals surface area contributed by atoms with Gasteiger partial charge in [-0.05, 0) is 0 Å². The summed E-state index contributed by atoms with van der Waals surface area (Å²) in [5.41, 5.74) is 0. The van der Waals surface area contributed by atoms with Crippen LogP contribution in [-0.4, -0.2) is 53.4 Å². The third-order valence-electron chi connectivity index (χ3n) is 2.34. The van der Waals surface area contributed by atoms with Crippen molar-refractivity contribution in [3.05, 3.63) is 18.2 Å². The zero-order chi connectivity index (χ0) is 9.80. The fourth-order valence-corrected chi connectivity index (χ4v) is 1.56. The summed E-state index contributed by atoms with van der Waals surface area (Å²) >= 11 is 0. The Hall–Kier alpha value is -1.20. The van der Waals surface area contributed by atoms with E-state index in [1.54, 1.807) is 12.4 Å². The first-order valence-electron chi connectivity index (χ1n) is 4.82. The highest BCUT2D eigenvalue weighted by Gasteiger charge is 2.15. The molecule has 1 saturated heterocycles. The number of H-pyrrole nitrogens is 1. The maximum absolute atomic E-state index is 11.6. The molecule has 1 aliphatic rings. The standard InChI is InChI=1S/C9H14N4O/c14-8(9-11-1-2-12-9)7-13-5-3-10-4-6-13/h1-2,10H,3-7H2,(H,11,12). The Morgan fingerprint density at radius 2 is 2.29 bits per heavy atom. The van der Waals surface area contributed by atoms with Crippen molar-refractivity contribution < 1.29 is 4.79 Å². The third kappa shape index (κ3) is 2.18. The number of Topliss-reactive ketones (excluding diaryl/α,β-unsaturated/α-hetero) is 1. The molecule has 0 unspecified atom stereocenters. The summed E-state index contributed by atoms with van der Waals surface area (Å²) in [6.45, 7) is 4.27. The summed E-state index contributed by atoms with van der Waals surface area (Å²) in [6.07, 6.45) is 3.27. The second kappa shape index (κ2) is 4.34. The molecule has 0 spiro atoms. The van der Waals surface area contributed by atoms with Crippen LogP contribution in [0.4, 0.5) is 0 Å². The van der Waals surface area contributed by atoms with E-state index in [1.807, 2.05) is 0 Å². The average molecular weight is 194 g/mol. The van der Waals surface area contributed by atoms with Crippen LogP contribution in [0.3, 0.4) is 0 Å². The van der Waals surface area contributed by atoms with Crippen LogP contribution in [0, 0.1) is 0 Å². The summed E-state index contributed by atoms with van der Waals surface area (Å²) < 4.78 is 0. The van der Waals surface area contributed by atoms with Crippen LogP contribution in [0.2, 0.25) is 0 Å². The highest BCUT2D eigenvalue weighted by Crippen LogP contribution is 1.97. The van der Waals surface area contributed by atoms with E-state index in [0.717, 1.165) is 26.2 Å². The molecule has 0 saturated carbocycles. The lowest BCUT2D eigenvalue weighted by atomic mass is 10.3. The van der Waals surface area contributed by atoms with Crippen LogP contribution >= 0.6 is 0 Å². The van der Waals surface area contributed by atoms with Gasteiger partial charge in [0.05, 0.1) is 6.54 Å². The first-order chi connectivity index (χ1) is 6.86. The normalized spacial score (nSPS) is 18.3. The fraction of sp³-hybridized carbons (Fsp3) is 0.556. The largest absolute Gasteiger partial charge is 0.342 e. The number of hydrogen-bond donors (Lipinski definition) is 2. The number of aromatic nitrogens is 2. The van der Waals surface area contributed by atoms with E-state index in [2.05, 4.69) is 20.2 Å². The molecule has 0 amide bonds. The number of rotatable bonds is 3. The van der Waals surface area contributed by atoms with Gasteiger partial charge in [-0.15, -0.1) is 0 Å². The molecule has 0 aliphatic carbocycles. The van der Waals surface area contributed by atoms with Crippen molar-refractivity contribution >= 4 is 5.78 Å². The second-order valence-electron chi connectivity index (χ2n) is 3.39. The lowest BCUT2D eigenvalue weighted by Gasteiger charge is -2.25. The molecule has 14 heavy (non-hydrogen) atoms. The maximum atomic E-state index is 11.6. The minimum Gasteiger partial charge on any atom is -0.342 e. The summed E-state index contributed by atoms with van der Waals surface area (Å²) in [7, 11) is 0. The molecule has 2 rings (SSSR count). The highest BCUT2D eigenvalue weighted by atomic mass is 16.1. The first kappa shape index (κ1) is 9.36. The molecule has 5 nitrogen and oxygen atoms in total. The monoisotopic (exact) mass is 194 g/mol. The Morgan fingerprint density at radius 1 is 1.50 bits per heavy atom. The first-order valence-corrected chi connectivity index (χ1v) is 4.82. The van der Waals surface area contributed by atoms with E-state index in [1.165, 1.54) is 0 Å². The van der Waals surface area contributed by atoms with E-state index in [-0.39, 0.29) is 5.78 Å². The summed E-state index contributed by atoms with van der Waals surface area (Å²) in [5.74, 6) is 0.528. The van der Waals surface area contributed by atoms with Crippen LogP contribution in [-0.2, 0) is 0 Å². The third-order valence-corrected chi connectivity index (χ3v) is 2.34. The highest BCUT2D eigenvalue weighted by molar-refractivity contribution is 5.94. The van der Waals surface area contributed by atoms with Crippen LogP contribution in [0.25, 0.3) is 0 Å². The van der Waals surface area contributed by atoms with Gasteiger partial charge in [-0.1, -0.05) is 0 Å². The van der Waals surface area contributed by atoms with Crippen LogP contribution in [0.1, 0.15) is 10.6 Å². The van der Waals surface area contributed by atoms with Crippen LogP contribution in [0.15, 0.2) is 12.4 Å². The van der Waals surface area contributed by atoms with Crippen molar-refractivity contribution in [2.75, 3.05) is 32.7 Å². The van der Waals surface area contributed by atoms with E-state index >= 15 is 0 Å². The average Bonchev–Trinajstić information content (AvgIpc) is 2.72. The Labute approximate surface area is 82.5 Å². The quantitative estimate of drug-likeness (QED) is 0.637. The number of piperazine rings is 1. The van der Waals surface area contributed by atoms with E-state index in [4.69, 9.17) is 0 Å². The Morgan fingerprint density at radius 3 is 2.93 bits per heavy atom. The number of nitrogens with one attached hydrogen (secondary N) is 2. The smallest absolute Gasteiger partial charge is 0.211 e. The van der Waals surface area contributed by atoms with E-state index < -0.39 is 0 Å². The molecule has 1 aromatic rings. The zero-order valence-corrected chi connectivity index (χ0v) is 7.99. The van der Waals surface area contributed by atoms with Crippen molar-refractivity contribution in [1.82, 2.24) is 20.2 Å². The number of carbonyl (C=O) groups excluding carboxylic acids is 1. The lowest BCUT2D eigenvalue weighted by Crippen LogP contribution is -2.45. The SMILES string of the molecule is O=C(CN1CCNCC1)c1ncc[nH]1. The van der Waals surface area contributed by atoms with E-state index in [9.17, 15) is 4.79 Å². The van der Waals surface area contributed by atoms with Crippen LogP contribution < -0.4 is 5.32 Å². The number of nitrogens with zero attached hydrogens (tertiary/aromatic N) is 2. The number of hydrogen-bond acceptors (Lipinski definition) is 4. The number of ketones is 1. The minimum atomic E-state index is 0.0666. The van der Waals surface area contributed by atoms with Gasteiger partial charge in [0.2, 0.25) is 5.78 Å². The van der Waals surface area contributed by atoms with Crippen LogP contribution in [0.5, 0.6) is 0 Å². The predicted octanol–water partition coefficient (Wildman–Crippen LogP) is -0.502. The summed E-state index contributed by atoms with van der Waals surface area (Å²) in [4.78, 5) is 20.5. The molecule has 2 heterocycles. The van der Waals surface area contributed by atoms with Gasteiger partial charge in [0.25, 0.3) is 0 Å². The van der Waals surface area contributed by atoms with Crippen molar-refractivity contribution in [1.29, 1.82) is 0 Å². The molecule has 1 aliphatic heterocycles. The molecule has 0 radical (unpaired) electrons. The molecule has 5 heteroatoms. The Balaban J connectivity index is 1.87. The molecule has 0 aromatic carbocycles. The Bertz CT molecular complexity index is 290. The van der Waals surface area contributed by atoms with Gasteiger partial charge in [0, 0.05) is 38.6 Å².